The number of benzene rings is 2. The second-order valence-corrected chi connectivity index (χ2v) is 5.46. The molecule has 0 spiro atoms. The van der Waals surface area contributed by atoms with Crippen molar-refractivity contribution in [2.24, 2.45) is 0 Å². The molecule has 1 heterocycles. The summed E-state index contributed by atoms with van der Waals surface area (Å²) in [7, 11) is 0. The number of nitrogens with zero attached hydrogens (tertiary/aromatic N) is 2. The summed E-state index contributed by atoms with van der Waals surface area (Å²) in [6, 6.07) is 13.8. The number of aromatic nitrogens is 3. The Morgan fingerprint density at radius 1 is 0.909 bits per heavy atom. The molecule has 2 aromatic carbocycles. The lowest BCUT2D eigenvalue weighted by Crippen LogP contribution is -2.15. The molecule has 0 amide bonds. The molecule has 1 aromatic heterocycles. The van der Waals surface area contributed by atoms with Crippen molar-refractivity contribution in [3.05, 3.63) is 69.6 Å². The van der Waals surface area contributed by atoms with Gasteiger partial charge in [0.15, 0.2) is 5.82 Å². The number of hydrogen-bond acceptors (Lipinski definition) is 3. The van der Waals surface area contributed by atoms with Gasteiger partial charge < -0.3 is 0 Å². The second-order valence-electron chi connectivity index (χ2n) is 5.46. The van der Waals surface area contributed by atoms with Crippen molar-refractivity contribution < 1.29 is 0 Å². The van der Waals surface area contributed by atoms with E-state index in [2.05, 4.69) is 15.0 Å². The SMILES string of the molecule is Cc1cccc(-c2nc(-c3c(C)cccc3C)[nH]c(=O)n2)c1. The molecular weight excluding hydrogens is 274 g/mol. The van der Waals surface area contributed by atoms with E-state index in [0.717, 1.165) is 27.8 Å². The molecule has 0 aliphatic carbocycles. The topological polar surface area (TPSA) is 58.6 Å². The second kappa shape index (κ2) is 5.56. The molecule has 1 N–H and O–H groups in total. The van der Waals surface area contributed by atoms with Gasteiger partial charge in [0, 0.05) is 11.1 Å². The van der Waals surface area contributed by atoms with Crippen LogP contribution < -0.4 is 5.69 Å². The highest BCUT2D eigenvalue weighted by atomic mass is 16.1. The Morgan fingerprint density at radius 2 is 1.59 bits per heavy atom. The fourth-order valence-corrected chi connectivity index (χ4v) is 2.60. The summed E-state index contributed by atoms with van der Waals surface area (Å²) in [5.74, 6) is 1.01. The van der Waals surface area contributed by atoms with E-state index >= 15 is 0 Å². The van der Waals surface area contributed by atoms with Crippen molar-refractivity contribution >= 4 is 0 Å². The van der Waals surface area contributed by atoms with Gasteiger partial charge in [-0.15, -0.1) is 0 Å². The van der Waals surface area contributed by atoms with E-state index in [9.17, 15) is 4.79 Å². The van der Waals surface area contributed by atoms with E-state index in [4.69, 9.17) is 0 Å². The van der Waals surface area contributed by atoms with Crippen LogP contribution >= 0.6 is 0 Å². The third-order valence-corrected chi connectivity index (χ3v) is 3.64. The highest BCUT2D eigenvalue weighted by Gasteiger charge is 2.11. The number of rotatable bonds is 2. The zero-order valence-electron chi connectivity index (χ0n) is 12.8. The van der Waals surface area contributed by atoms with Gasteiger partial charge in [0.25, 0.3) is 0 Å². The molecule has 0 saturated heterocycles. The zero-order chi connectivity index (χ0) is 15.7. The maximum Gasteiger partial charge on any atom is 0.348 e. The fraction of sp³-hybridized carbons (Fsp3) is 0.167. The van der Waals surface area contributed by atoms with Gasteiger partial charge in [-0.2, -0.15) is 4.98 Å². The standard InChI is InChI=1S/C18H17N3O/c1-11-6-4-9-14(10-11)16-19-17(21-18(22)20-16)15-12(2)7-5-8-13(15)3/h4-10H,1-3H3,(H,19,20,21,22). The summed E-state index contributed by atoms with van der Waals surface area (Å²) in [5, 5.41) is 0. The number of hydrogen-bond donors (Lipinski definition) is 1. The van der Waals surface area contributed by atoms with Gasteiger partial charge in [-0.1, -0.05) is 42.0 Å². The van der Waals surface area contributed by atoms with E-state index in [1.165, 1.54) is 0 Å². The summed E-state index contributed by atoms with van der Waals surface area (Å²) in [4.78, 5) is 23.3. The summed E-state index contributed by atoms with van der Waals surface area (Å²) in [6.07, 6.45) is 0. The molecule has 22 heavy (non-hydrogen) atoms. The van der Waals surface area contributed by atoms with Crippen LogP contribution in [0.4, 0.5) is 0 Å². The van der Waals surface area contributed by atoms with Crippen LogP contribution in [-0.4, -0.2) is 15.0 Å². The summed E-state index contributed by atoms with van der Waals surface area (Å²) >= 11 is 0. The number of nitrogens with one attached hydrogen (secondary N) is 1. The lowest BCUT2D eigenvalue weighted by molar-refractivity contribution is 0.999. The van der Waals surface area contributed by atoms with Crippen molar-refractivity contribution in [1.29, 1.82) is 0 Å². The third-order valence-electron chi connectivity index (χ3n) is 3.64. The molecule has 0 radical (unpaired) electrons. The predicted octanol–water partition coefficient (Wildman–Crippen LogP) is 3.42. The predicted molar refractivity (Wildman–Crippen MR) is 87.7 cm³/mol. The Bertz CT molecular complexity index is 877. The van der Waals surface area contributed by atoms with Gasteiger partial charge in [-0.25, -0.2) is 9.78 Å². The molecule has 0 atom stereocenters. The van der Waals surface area contributed by atoms with Gasteiger partial charge >= 0.3 is 5.69 Å². The minimum absolute atomic E-state index is 0.385. The Morgan fingerprint density at radius 3 is 2.27 bits per heavy atom. The lowest BCUT2D eigenvalue weighted by atomic mass is 10.0. The molecule has 0 saturated carbocycles. The maximum absolute atomic E-state index is 12.0. The van der Waals surface area contributed by atoms with Crippen molar-refractivity contribution in [2.75, 3.05) is 0 Å². The lowest BCUT2D eigenvalue weighted by Gasteiger charge is -2.09. The maximum atomic E-state index is 12.0. The van der Waals surface area contributed by atoms with Crippen LogP contribution in [0.25, 0.3) is 22.8 Å². The zero-order valence-corrected chi connectivity index (χ0v) is 12.8. The minimum Gasteiger partial charge on any atom is -0.290 e. The molecule has 4 nitrogen and oxygen atoms in total. The molecule has 0 unspecified atom stereocenters. The van der Waals surface area contributed by atoms with Gasteiger partial charge in [-0.05, 0) is 38.0 Å². The third kappa shape index (κ3) is 2.68. The van der Waals surface area contributed by atoms with E-state index in [1.54, 1.807) is 0 Å². The summed E-state index contributed by atoms with van der Waals surface area (Å²) < 4.78 is 0. The van der Waals surface area contributed by atoms with Crippen LogP contribution in [0.3, 0.4) is 0 Å². The Hall–Kier alpha value is -2.75. The highest BCUT2D eigenvalue weighted by Crippen LogP contribution is 2.24. The molecule has 0 fully saturated rings. The van der Waals surface area contributed by atoms with Crippen LogP contribution in [0.5, 0.6) is 0 Å². The Balaban J connectivity index is 2.22. The van der Waals surface area contributed by atoms with Crippen molar-refractivity contribution in [1.82, 2.24) is 15.0 Å². The molecule has 4 heteroatoms. The summed E-state index contributed by atoms with van der Waals surface area (Å²) in [6.45, 7) is 6.02. The van der Waals surface area contributed by atoms with Crippen LogP contribution in [0, 0.1) is 20.8 Å². The minimum atomic E-state index is -0.385. The number of aryl methyl sites for hydroxylation is 3. The van der Waals surface area contributed by atoms with Crippen LogP contribution in [0.15, 0.2) is 47.3 Å². The van der Waals surface area contributed by atoms with Gasteiger partial charge in [0.1, 0.15) is 5.82 Å². The summed E-state index contributed by atoms with van der Waals surface area (Å²) in [5.41, 5.74) is 4.67. The van der Waals surface area contributed by atoms with E-state index < -0.39 is 0 Å². The smallest absolute Gasteiger partial charge is 0.290 e. The first kappa shape index (κ1) is 14.2. The van der Waals surface area contributed by atoms with Crippen molar-refractivity contribution in [3.8, 4) is 22.8 Å². The molecule has 0 bridgehead atoms. The molecule has 110 valence electrons. The van der Waals surface area contributed by atoms with Crippen LogP contribution in [-0.2, 0) is 0 Å². The quantitative estimate of drug-likeness (QED) is 0.787. The van der Waals surface area contributed by atoms with Crippen molar-refractivity contribution in [3.63, 3.8) is 0 Å². The average molecular weight is 291 g/mol. The highest BCUT2D eigenvalue weighted by molar-refractivity contribution is 5.66. The monoisotopic (exact) mass is 291 g/mol. The Kier molecular flexibility index (Phi) is 3.59. The van der Waals surface area contributed by atoms with Gasteiger partial charge in [0.2, 0.25) is 0 Å². The van der Waals surface area contributed by atoms with Gasteiger partial charge in [0.05, 0.1) is 0 Å². The molecular formula is C18H17N3O. The first-order valence-corrected chi connectivity index (χ1v) is 7.16. The van der Waals surface area contributed by atoms with Crippen LogP contribution in [0.2, 0.25) is 0 Å². The Labute approximate surface area is 128 Å². The molecule has 3 aromatic rings. The first-order chi connectivity index (χ1) is 10.5. The van der Waals surface area contributed by atoms with E-state index in [0.29, 0.717) is 11.6 Å². The first-order valence-electron chi connectivity index (χ1n) is 7.16. The van der Waals surface area contributed by atoms with Gasteiger partial charge in [-0.3, -0.25) is 4.98 Å². The van der Waals surface area contributed by atoms with E-state index in [-0.39, 0.29) is 5.69 Å². The van der Waals surface area contributed by atoms with E-state index in [1.807, 2.05) is 63.2 Å². The molecule has 0 aliphatic heterocycles. The average Bonchev–Trinajstić information content (AvgIpc) is 2.46. The fourth-order valence-electron chi connectivity index (χ4n) is 2.60. The number of aromatic amines is 1. The molecule has 0 aliphatic rings. The normalized spacial score (nSPS) is 10.7. The molecule has 3 rings (SSSR count). The number of H-pyrrole nitrogens is 1. The largest absolute Gasteiger partial charge is 0.348 e. The van der Waals surface area contributed by atoms with Crippen LogP contribution in [0.1, 0.15) is 16.7 Å². The van der Waals surface area contributed by atoms with Crippen molar-refractivity contribution in [2.45, 2.75) is 20.8 Å².